The van der Waals surface area contributed by atoms with Crippen molar-refractivity contribution in [3.63, 3.8) is 0 Å². The Balaban J connectivity index is 1.69. The van der Waals surface area contributed by atoms with E-state index in [0.717, 1.165) is 24.2 Å². The van der Waals surface area contributed by atoms with Crippen molar-refractivity contribution in [2.45, 2.75) is 58.5 Å². The number of hydrogen-bond donors (Lipinski definition) is 1. The smallest absolute Gasteiger partial charge is 0.109 e. The second-order valence-corrected chi connectivity index (χ2v) is 6.88. The fraction of sp³-hybridized carbons (Fsp3) is 0.867. The van der Waals surface area contributed by atoms with Gasteiger partial charge < -0.3 is 0 Å². The highest BCUT2D eigenvalue weighted by Gasteiger charge is 2.64. The molecule has 0 aliphatic heterocycles. The number of allylic oxidation sites excluding steroid dienone is 2. The van der Waals surface area contributed by atoms with Crippen LogP contribution in [0, 0.1) is 23.2 Å². The molecule has 3 heteroatoms. The van der Waals surface area contributed by atoms with Gasteiger partial charge in [-0.1, -0.05) is 30.5 Å². The van der Waals surface area contributed by atoms with E-state index in [9.17, 15) is 0 Å². The molecule has 5 atom stereocenters. The average molecular weight is 252 g/mol. The summed E-state index contributed by atoms with van der Waals surface area (Å²) in [6.07, 6.45) is 8.47. The zero-order valence-corrected chi connectivity index (χ0v) is 11.6. The Hall–Kier alpha value is -0.380. The number of hydrogen-bond acceptors (Lipinski definition) is 3. The van der Waals surface area contributed by atoms with Gasteiger partial charge in [0.05, 0.1) is 0 Å². The Morgan fingerprint density at radius 1 is 1.56 bits per heavy atom. The van der Waals surface area contributed by atoms with Crippen molar-refractivity contribution < 1.29 is 15.2 Å². The molecule has 0 heterocycles. The molecule has 0 aromatic rings. The normalized spacial score (nSPS) is 44.9. The summed E-state index contributed by atoms with van der Waals surface area (Å²) in [7, 11) is 0. The minimum absolute atomic E-state index is 0.148. The van der Waals surface area contributed by atoms with Crippen LogP contribution < -0.4 is 0 Å². The highest BCUT2D eigenvalue weighted by atomic mass is 17.5. The number of rotatable bonds is 5. The molecule has 18 heavy (non-hydrogen) atoms. The van der Waals surface area contributed by atoms with Crippen molar-refractivity contribution in [2.24, 2.45) is 23.2 Å². The van der Waals surface area contributed by atoms with Crippen LogP contribution in [-0.4, -0.2) is 10.9 Å². The van der Waals surface area contributed by atoms with Crippen LogP contribution in [0.25, 0.3) is 0 Å². The van der Waals surface area contributed by atoms with E-state index in [0.29, 0.717) is 0 Å². The second kappa shape index (κ2) is 4.06. The van der Waals surface area contributed by atoms with E-state index in [1.807, 2.05) is 0 Å². The van der Waals surface area contributed by atoms with E-state index >= 15 is 0 Å². The van der Waals surface area contributed by atoms with Crippen LogP contribution in [0.3, 0.4) is 0 Å². The van der Waals surface area contributed by atoms with Crippen molar-refractivity contribution in [1.29, 1.82) is 0 Å². The summed E-state index contributed by atoms with van der Waals surface area (Å²) < 4.78 is 0. The third-order valence-corrected chi connectivity index (χ3v) is 6.09. The lowest BCUT2D eigenvalue weighted by molar-refractivity contribution is -0.531. The quantitative estimate of drug-likeness (QED) is 0.457. The maximum Gasteiger partial charge on any atom is 0.109 e. The highest BCUT2D eigenvalue weighted by Crippen LogP contribution is 2.67. The van der Waals surface area contributed by atoms with Crippen molar-refractivity contribution in [2.75, 3.05) is 0 Å². The van der Waals surface area contributed by atoms with Gasteiger partial charge in [0.25, 0.3) is 0 Å². The first-order valence-corrected chi connectivity index (χ1v) is 7.22. The average Bonchev–Trinajstić information content (AvgIpc) is 3.23. The first-order chi connectivity index (χ1) is 8.54. The van der Waals surface area contributed by atoms with E-state index < -0.39 is 0 Å². The molecule has 0 aromatic heterocycles. The highest BCUT2D eigenvalue weighted by molar-refractivity contribution is 5.27. The van der Waals surface area contributed by atoms with Crippen LogP contribution in [-0.2, 0) is 9.93 Å². The molecule has 102 valence electrons. The minimum Gasteiger partial charge on any atom is -0.221 e. The SMILES string of the molecule is CCC(C)(OOO)[C@]1(C)CC1C1CC=C2CC2C1. The standard InChI is InChI=1S/C15H24O3/c1-4-15(3,17-18-16)14(2)9-13(14)11-6-5-10-7-12(10)8-11/h5,11-13,16H,4,6-9H2,1-3H3/t11?,12?,13?,14-,15?/m1/s1. The van der Waals surface area contributed by atoms with Crippen molar-refractivity contribution >= 4 is 0 Å². The Labute approximate surface area is 109 Å². The summed E-state index contributed by atoms with van der Waals surface area (Å²) in [6.45, 7) is 6.44. The molecule has 3 aliphatic carbocycles. The zero-order chi connectivity index (χ0) is 13.0. The molecule has 0 aromatic carbocycles. The number of fused-ring (bicyclic) bond motifs is 1. The van der Waals surface area contributed by atoms with Crippen LogP contribution in [0.2, 0.25) is 0 Å². The van der Waals surface area contributed by atoms with Gasteiger partial charge in [-0.3, -0.25) is 0 Å². The van der Waals surface area contributed by atoms with Gasteiger partial charge >= 0.3 is 0 Å². The molecular weight excluding hydrogens is 228 g/mol. The lowest BCUT2D eigenvalue weighted by Crippen LogP contribution is -2.39. The van der Waals surface area contributed by atoms with Crippen LogP contribution in [0.1, 0.15) is 52.9 Å². The minimum atomic E-state index is -0.375. The zero-order valence-electron chi connectivity index (χ0n) is 11.6. The van der Waals surface area contributed by atoms with E-state index in [4.69, 9.17) is 10.1 Å². The topological polar surface area (TPSA) is 38.7 Å². The molecule has 0 saturated heterocycles. The van der Waals surface area contributed by atoms with Crippen LogP contribution in [0.5, 0.6) is 0 Å². The van der Waals surface area contributed by atoms with Crippen LogP contribution >= 0.6 is 0 Å². The first kappa shape index (κ1) is 12.6. The molecule has 4 unspecified atom stereocenters. The molecule has 0 bridgehead atoms. The van der Waals surface area contributed by atoms with E-state index in [2.05, 4.69) is 31.9 Å². The van der Waals surface area contributed by atoms with Gasteiger partial charge in [-0.25, -0.2) is 5.26 Å². The molecule has 0 amide bonds. The Morgan fingerprint density at radius 2 is 2.33 bits per heavy atom. The Morgan fingerprint density at radius 3 is 2.94 bits per heavy atom. The maximum absolute atomic E-state index is 8.64. The predicted molar refractivity (Wildman–Crippen MR) is 68.6 cm³/mol. The van der Waals surface area contributed by atoms with Gasteiger partial charge in [-0.2, -0.15) is 4.89 Å². The summed E-state index contributed by atoms with van der Waals surface area (Å²) in [5.74, 6) is 2.42. The third-order valence-electron chi connectivity index (χ3n) is 6.09. The summed E-state index contributed by atoms with van der Waals surface area (Å²) in [4.78, 5) is 5.20. The van der Waals surface area contributed by atoms with Crippen LogP contribution in [0.4, 0.5) is 0 Å². The van der Waals surface area contributed by atoms with Gasteiger partial charge in [0.1, 0.15) is 5.60 Å². The fourth-order valence-corrected chi connectivity index (χ4v) is 4.14. The van der Waals surface area contributed by atoms with E-state index in [1.165, 1.54) is 25.7 Å². The van der Waals surface area contributed by atoms with Gasteiger partial charge in [-0.05, 0) is 56.8 Å². The van der Waals surface area contributed by atoms with Crippen LogP contribution in [0.15, 0.2) is 11.6 Å². The van der Waals surface area contributed by atoms with Crippen molar-refractivity contribution in [3.05, 3.63) is 11.6 Å². The Bertz CT molecular complexity index is 378. The molecule has 3 nitrogen and oxygen atoms in total. The van der Waals surface area contributed by atoms with Gasteiger partial charge in [-0.15, -0.1) is 0 Å². The molecule has 2 fully saturated rings. The lowest BCUT2D eigenvalue weighted by Gasteiger charge is -2.34. The van der Waals surface area contributed by atoms with Gasteiger partial charge in [0.15, 0.2) is 0 Å². The van der Waals surface area contributed by atoms with E-state index in [-0.39, 0.29) is 11.0 Å². The van der Waals surface area contributed by atoms with Gasteiger partial charge in [0, 0.05) is 5.41 Å². The fourth-order valence-electron chi connectivity index (χ4n) is 4.14. The van der Waals surface area contributed by atoms with Crippen molar-refractivity contribution in [1.82, 2.24) is 0 Å². The lowest BCUT2D eigenvalue weighted by atomic mass is 9.78. The molecule has 0 radical (unpaired) electrons. The van der Waals surface area contributed by atoms with Crippen molar-refractivity contribution in [3.8, 4) is 0 Å². The summed E-state index contributed by atoms with van der Waals surface area (Å²) in [6, 6.07) is 0. The first-order valence-electron chi connectivity index (χ1n) is 7.22. The molecule has 2 saturated carbocycles. The molecule has 0 spiro atoms. The second-order valence-electron chi connectivity index (χ2n) is 6.88. The maximum atomic E-state index is 8.64. The third kappa shape index (κ3) is 1.75. The Kier molecular flexibility index (Phi) is 2.85. The van der Waals surface area contributed by atoms with Gasteiger partial charge in [0.2, 0.25) is 0 Å². The summed E-state index contributed by atoms with van der Waals surface area (Å²) in [5, 5.41) is 12.7. The van der Waals surface area contributed by atoms with E-state index in [1.54, 1.807) is 5.57 Å². The summed E-state index contributed by atoms with van der Waals surface area (Å²) in [5.41, 5.74) is 1.47. The molecule has 3 rings (SSSR count). The molecule has 1 N–H and O–H groups in total. The predicted octanol–water partition coefficient (Wildman–Crippen LogP) is 3.96. The molecular formula is C15H24O3. The largest absolute Gasteiger partial charge is 0.221 e. The summed E-state index contributed by atoms with van der Waals surface area (Å²) >= 11 is 0. The monoisotopic (exact) mass is 252 g/mol. The molecule has 3 aliphatic rings.